The quantitative estimate of drug-likeness (QED) is 0.0752. The summed E-state index contributed by atoms with van der Waals surface area (Å²) in [4.78, 5) is 22.7. The number of rotatable bonds is 7. The van der Waals surface area contributed by atoms with Crippen molar-refractivity contribution in [2.45, 2.75) is 82.2 Å². The fourth-order valence-electron chi connectivity index (χ4n) is 4.41. The summed E-state index contributed by atoms with van der Waals surface area (Å²) in [5.74, 6) is -0.471. The highest BCUT2D eigenvalue weighted by Crippen LogP contribution is 2.30. The van der Waals surface area contributed by atoms with E-state index in [2.05, 4.69) is 9.74 Å². The summed E-state index contributed by atoms with van der Waals surface area (Å²) in [7, 11) is 0. The molecule has 4 fully saturated rings. The molecule has 9 nitrogen and oxygen atoms in total. The Labute approximate surface area is 232 Å². The van der Waals surface area contributed by atoms with E-state index in [0.29, 0.717) is 5.03 Å². The molecule has 2 saturated carbocycles. The van der Waals surface area contributed by atoms with Gasteiger partial charge in [0.2, 0.25) is 21.9 Å². The van der Waals surface area contributed by atoms with Crippen LogP contribution in [0.3, 0.4) is 0 Å². The van der Waals surface area contributed by atoms with Gasteiger partial charge in [-0.2, -0.15) is 4.33 Å². The van der Waals surface area contributed by atoms with Gasteiger partial charge in [-0.15, -0.1) is 0 Å². The van der Waals surface area contributed by atoms with Gasteiger partial charge in [-0.05, 0) is 57.4 Å². The molecule has 11 heteroatoms. The first-order valence-corrected chi connectivity index (χ1v) is 15.2. The molecule has 38 heavy (non-hydrogen) atoms. The van der Waals surface area contributed by atoms with Crippen LogP contribution in [0, 0.1) is 6.57 Å². The van der Waals surface area contributed by atoms with Gasteiger partial charge in [0.1, 0.15) is 11.4 Å². The Morgan fingerprint density at radius 2 is 1.84 bits per heavy atom. The summed E-state index contributed by atoms with van der Waals surface area (Å²) >= 11 is -0.484. The normalized spacial score (nSPS) is 28.2. The monoisotopic (exact) mass is 566 g/mol. The maximum absolute atomic E-state index is 12.0. The smallest absolute Gasteiger partial charge is 0.375 e. The zero-order valence-corrected chi connectivity index (χ0v) is 23.6. The van der Waals surface area contributed by atoms with Gasteiger partial charge in [-0.1, -0.05) is 43.9 Å². The summed E-state index contributed by atoms with van der Waals surface area (Å²) in [5.41, 5.74) is 0. The second-order valence-electron chi connectivity index (χ2n) is 9.28. The molecule has 0 aromatic rings. The van der Waals surface area contributed by atoms with Crippen LogP contribution in [0.4, 0.5) is 0 Å². The number of fused-ring (bicyclic) bond motifs is 1. The van der Waals surface area contributed by atoms with Crippen LogP contribution in [-0.4, -0.2) is 58.8 Å². The number of ether oxygens (including phenoxy) is 2. The molecule has 0 spiro atoms. The average Bonchev–Trinajstić information content (AvgIpc) is 3.07. The summed E-state index contributed by atoms with van der Waals surface area (Å²) < 4.78 is 32.9. The lowest BCUT2D eigenvalue weighted by Gasteiger charge is -2.26. The molecule has 4 aliphatic rings. The van der Waals surface area contributed by atoms with Crippen molar-refractivity contribution in [3.8, 4) is 0 Å². The van der Waals surface area contributed by atoms with Crippen LogP contribution in [0.1, 0.15) is 64.7 Å². The summed E-state index contributed by atoms with van der Waals surface area (Å²) in [6.07, 6.45) is 19.9. The number of hydrogen-bond donors (Lipinski definition) is 0. The van der Waals surface area contributed by atoms with E-state index in [0.717, 1.165) is 76.9 Å². The number of hydrogen-bond acceptors (Lipinski definition) is 9. The highest BCUT2D eigenvalue weighted by atomic mass is 32.2. The van der Waals surface area contributed by atoms with E-state index in [1.807, 2.05) is 19.2 Å². The van der Waals surface area contributed by atoms with Gasteiger partial charge in [0, 0.05) is 13.1 Å². The van der Waals surface area contributed by atoms with E-state index in [1.165, 1.54) is 25.3 Å². The predicted octanol–water partition coefficient (Wildman–Crippen LogP) is 5.52. The second kappa shape index (κ2) is 17.5. The minimum atomic E-state index is -1.48. The molecule has 4 rings (SSSR count). The second-order valence-corrected chi connectivity index (χ2v) is 11.3. The Morgan fingerprint density at radius 3 is 2.58 bits per heavy atom. The predicted molar refractivity (Wildman–Crippen MR) is 147 cm³/mol. The van der Waals surface area contributed by atoms with Crippen molar-refractivity contribution in [1.82, 2.24) is 4.90 Å². The van der Waals surface area contributed by atoms with Crippen molar-refractivity contribution >= 4 is 29.1 Å². The van der Waals surface area contributed by atoms with Crippen LogP contribution in [-0.2, 0) is 38.8 Å². The van der Waals surface area contributed by atoms with Crippen molar-refractivity contribution in [3.05, 3.63) is 58.8 Å². The molecule has 0 N–H and O–H groups in total. The minimum Gasteiger partial charge on any atom is -0.455 e. The fraction of sp³-hybridized carbons (Fsp3) is 0.630. The third-order valence-electron chi connectivity index (χ3n) is 6.50. The standard InChI is InChI=1S/C15H22N2O3S.C12H16O4S/c1-16-15(8-5-9-17-10-12-18-13-11-17)21-20-19-14-6-3-2-4-7-14;1-2-3-6-10-12(13)15-9-7-4-5-8-11(9)17(14)16-10/h5,8-9,14H,2-4,6-7,10-13H2;2-3,6,9,11H,4-5,7-8H2,1H3/b9-5-,15-8-;3-2+,10-6-. The molecule has 3 atom stereocenters. The fourth-order valence-corrected chi connectivity index (χ4v) is 6.02. The van der Waals surface area contributed by atoms with Crippen LogP contribution in [0.2, 0.25) is 0 Å². The van der Waals surface area contributed by atoms with Crippen LogP contribution >= 0.6 is 12.0 Å². The maximum atomic E-state index is 12.0. The first kappa shape index (κ1) is 30.4. The van der Waals surface area contributed by atoms with E-state index in [9.17, 15) is 9.00 Å². The molecule has 0 bridgehead atoms. The molecular weight excluding hydrogens is 528 g/mol. The highest BCUT2D eigenvalue weighted by Gasteiger charge is 2.39. The van der Waals surface area contributed by atoms with E-state index in [4.69, 9.17) is 29.5 Å². The Kier molecular flexibility index (Phi) is 14.0. The SMILES string of the molecule is C/C=C/C=C1\OS(=O)C2CCCCC2OC1=O.[C-]#[N+]/C(=C/C=C\N1CCOCC1)SOOC1CCCCC1. The third-order valence-corrected chi connectivity index (χ3v) is 8.42. The largest absolute Gasteiger partial charge is 0.455 e. The third kappa shape index (κ3) is 10.6. The van der Waals surface area contributed by atoms with Gasteiger partial charge in [0.25, 0.3) is 0 Å². The van der Waals surface area contributed by atoms with Gasteiger partial charge >= 0.3 is 5.97 Å². The van der Waals surface area contributed by atoms with E-state index >= 15 is 0 Å². The summed E-state index contributed by atoms with van der Waals surface area (Å²) in [5, 5.41) is 0.291. The van der Waals surface area contributed by atoms with Gasteiger partial charge in [-0.3, -0.25) is 0 Å². The van der Waals surface area contributed by atoms with E-state index in [-0.39, 0.29) is 23.2 Å². The summed E-state index contributed by atoms with van der Waals surface area (Å²) in [6.45, 7) is 12.3. The van der Waals surface area contributed by atoms with E-state index < -0.39 is 17.0 Å². The van der Waals surface area contributed by atoms with Gasteiger partial charge in [-0.25, -0.2) is 18.7 Å². The topological polar surface area (TPSA) is 87.9 Å². The minimum absolute atomic E-state index is 0.0378. The molecule has 0 radical (unpaired) electrons. The Morgan fingerprint density at radius 1 is 1.11 bits per heavy atom. The molecular formula is C27H38N2O7S2. The molecule has 210 valence electrons. The lowest BCUT2D eigenvalue weighted by molar-refractivity contribution is -0.237. The molecule has 2 heterocycles. The van der Waals surface area contributed by atoms with Crippen LogP contribution in [0.5, 0.6) is 0 Å². The lowest BCUT2D eigenvalue weighted by atomic mass is 9.97. The number of esters is 1. The number of carbonyl (C=O) groups is 1. The maximum Gasteiger partial charge on any atom is 0.375 e. The highest BCUT2D eigenvalue weighted by molar-refractivity contribution is 7.98. The zero-order chi connectivity index (χ0) is 27.0. The molecule has 2 aliphatic heterocycles. The lowest BCUT2D eigenvalue weighted by Crippen LogP contribution is -2.34. The van der Waals surface area contributed by atoms with Crippen molar-refractivity contribution < 1.29 is 31.9 Å². The van der Waals surface area contributed by atoms with Gasteiger partial charge < -0.3 is 18.6 Å². The van der Waals surface area contributed by atoms with Crippen molar-refractivity contribution in [1.29, 1.82) is 0 Å². The molecule has 3 unspecified atom stereocenters. The number of morpholine rings is 1. The molecule has 0 aromatic heterocycles. The first-order chi connectivity index (χ1) is 18.6. The van der Waals surface area contributed by atoms with Gasteiger partial charge in [0.15, 0.2) is 0 Å². The molecule has 2 aliphatic carbocycles. The van der Waals surface area contributed by atoms with Crippen molar-refractivity contribution in [3.63, 3.8) is 0 Å². The number of carbonyl (C=O) groups excluding carboxylic acids is 1. The molecule has 0 aromatic carbocycles. The molecule has 2 saturated heterocycles. The number of nitrogens with zero attached hydrogens (tertiary/aromatic N) is 2. The van der Waals surface area contributed by atoms with Crippen LogP contribution < -0.4 is 0 Å². The first-order valence-electron chi connectivity index (χ1n) is 13.3. The Bertz CT molecular complexity index is 932. The van der Waals surface area contributed by atoms with Crippen LogP contribution in [0.25, 0.3) is 4.85 Å². The van der Waals surface area contributed by atoms with E-state index in [1.54, 1.807) is 18.2 Å². The summed E-state index contributed by atoms with van der Waals surface area (Å²) in [6, 6.07) is 0. The Hall–Kier alpha value is -2.10. The van der Waals surface area contributed by atoms with Crippen molar-refractivity contribution in [2.75, 3.05) is 26.3 Å². The van der Waals surface area contributed by atoms with Crippen LogP contribution in [0.15, 0.2) is 47.4 Å². The number of allylic oxidation sites excluding steroid dienone is 5. The average molecular weight is 567 g/mol. The van der Waals surface area contributed by atoms with Gasteiger partial charge in [0.05, 0.1) is 37.9 Å². The molecule has 0 amide bonds. The zero-order valence-electron chi connectivity index (χ0n) is 22.0. The van der Waals surface area contributed by atoms with Crippen molar-refractivity contribution in [2.24, 2.45) is 0 Å². The Balaban J connectivity index is 0.000000215.